The first-order chi connectivity index (χ1) is 9.60. The molecule has 0 aliphatic carbocycles. The van der Waals surface area contributed by atoms with Gasteiger partial charge in [-0.2, -0.15) is 5.10 Å². The van der Waals surface area contributed by atoms with E-state index in [2.05, 4.69) is 5.10 Å². The lowest BCUT2D eigenvalue weighted by Crippen LogP contribution is -2.31. The highest BCUT2D eigenvalue weighted by Crippen LogP contribution is 2.16. The fourth-order valence-electron chi connectivity index (χ4n) is 1.87. The lowest BCUT2D eigenvalue weighted by atomic mass is 9.79. The molecule has 7 heteroatoms. The molecule has 0 radical (unpaired) electrons. The van der Waals surface area contributed by atoms with Gasteiger partial charge in [0.05, 0.1) is 19.9 Å². The van der Waals surface area contributed by atoms with Crippen molar-refractivity contribution < 1.29 is 19.5 Å². The van der Waals surface area contributed by atoms with Crippen molar-refractivity contribution in [2.24, 2.45) is 7.05 Å². The van der Waals surface area contributed by atoms with Gasteiger partial charge in [0.15, 0.2) is 0 Å². The quantitative estimate of drug-likeness (QED) is 0.710. The molecule has 2 rings (SSSR count). The van der Waals surface area contributed by atoms with E-state index in [9.17, 15) is 10.0 Å². The summed E-state index contributed by atoms with van der Waals surface area (Å²) in [6.07, 6.45) is 4.39. The third kappa shape index (κ3) is 3.52. The molecule has 2 aromatic rings. The van der Waals surface area contributed by atoms with Crippen LogP contribution in [0.3, 0.4) is 0 Å². The molecule has 0 saturated carbocycles. The van der Waals surface area contributed by atoms with E-state index in [0.717, 1.165) is 5.56 Å². The number of aromatic nitrogens is 2. The van der Waals surface area contributed by atoms with Crippen molar-refractivity contribution in [3.8, 4) is 11.5 Å². The monoisotopic (exact) mass is 276 g/mol. The standard InChI is InChI=1S/C13H17BN2O4/c1-16-9-10(8-15-16)5-6-20-13-4-3-11(19-2)7-12(13)14(17)18/h3-4,7-9,17-18H,5-6H2,1-2H3. The molecular weight excluding hydrogens is 259 g/mol. The van der Waals surface area contributed by atoms with E-state index in [0.29, 0.717) is 24.5 Å². The number of aryl methyl sites for hydroxylation is 1. The van der Waals surface area contributed by atoms with Gasteiger partial charge in [-0.1, -0.05) is 0 Å². The van der Waals surface area contributed by atoms with Gasteiger partial charge in [-0.15, -0.1) is 0 Å². The van der Waals surface area contributed by atoms with Crippen molar-refractivity contribution in [3.05, 3.63) is 36.2 Å². The Balaban J connectivity index is 2.01. The number of rotatable bonds is 6. The zero-order valence-electron chi connectivity index (χ0n) is 11.5. The molecule has 0 spiro atoms. The predicted molar refractivity (Wildman–Crippen MR) is 75.2 cm³/mol. The third-order valence-electron chi connectivity index (χ3n) is 2.90. The maximum atomic E-state index is 9.35. The van der Waals surface area contributed by atoms with Crippen molar-refractivity contribution >= 4 is 12.6 Å². The molecule has 0 amide bonds. The molecule has 1 aromatic heterocycles. The summed E-state index contributed by atoms with van der Waals surface area (Å²) in [5, 5.41) is 22.8. The molecule has 0 aliphatic rings. The number of hydrogen-bond acceptors (Lipinski definition) is 5. The molecule has 0 atom stereocenters. The van der Waals surface area contributed by atoms with Crippen molar-refractivity contribution in [3.63, 3.8) is 0 Å². The lowest BCUT2D eigenvalue weighted by molar-refractivity contribution is 0.321. The topological polar surface area (TPSA) is 76.7 Å². The smallest absolute Gasteiger partial charge is 0.492 e. The van der Waals surface area contributed by atoms with Crippen LogP contribution in [-0.2, 0) is 13.5 Å². The summed E-state index contributed by atoms with van der Waals surface area (Å²) in [7, 11) is 1.78. The minimum Gasteiger partial charge on any atom is -0.497 e. The van der Waals surface area contributed by atoms with E-state index in [1.165, 1.54) is 7.11 Å². The Morgan fingerprint density at radius 1 is 1.35 bits per heavy atom. The Labute approximate surface area is 117 Å². The molecule has 0 aliphatic heterocycles. The van der Waals surface area contributed by atoms with Gasteiger partial charge in [-0.3, -0.25) is 4.68 Å². The van der Waals surface area contributed by atoms with Gasteiger partial charge in [0.1, 0.15) is 11.5 Å². The summed E-state index contributed by atoms with van der Waals surface area (Å²) in [5.41, 5.74) is 1.35. The van der Waals surface area contributed by atoms with Gasteiger partial charge < -0.3 is 19.5 Å². The Hall–Kier alpha value is -1.99. The zero-order chi connectivity index (χ0) is 14.5. The molecule has 6 nitrogen and oxygen atoms in total. The van der Waals surface area contributed by atoms with Gasteiger partial charge in [0.25, 0.3) is 0 Å². The number of methoxy groups -OCH3 is 1. The third-order valence-corrected chi connectivity index (χ3v) is 2.90. The molecule has 1 heterocycles. The van der Waals surface area contributed by atoms with Gasteiger partial charge in [0.2, 0.25) is 0 Å². The zero-order valence-corrected chi connectivity index (χ0v) is 11.5. The maximum absolute atomic E-state index is 9.35. The van der Waals surface area contributed by atoms with Crippen LogP contribution < -0.4 is 14.9 Å². The number of benzene rings is 1. The Morgan fingerprint density at radius 3 is 2.75 bits per heavy atom. The van der Waals surface area contributed by atoms with Crippen LogP contribution >= 0.6 is 0 Å². The fraction of sp³-hybridized carbons (Fsp3) is 0.308. The normalized spacial score (nSPS) is 10.4. The summed E-state index contributed by atoms with van der Waals surface area (Å²) >= 11 is 0. The summed E-state index contributed by atoms with van der Waals surface area (Å²) in [6.45, 7) is 0.428. The van der Waals surface area contributed by atoms with Crippen LogP contribution in [0.25, 0.3) is 0 Å². The minimum atomic E-state index is -1.60. The predicted octanol–water partition coefficient (Wildman–Crippen LogP) is -0.270. The summed E-state index contributed by atoms with van der Waals surface area (Å²) in [6, 6.07) is 4.92. The van der Waals surface area contributed by atoms with E-state index in [4.69, 9.17) is 9.47 Å². The SMILES string of the molecule is COc1ccc(OCCc2cnn(C)c2)c(B(O)O)c1. The first-order valence-electron chi connectivity index (χ1n) is 6.24. The number of nitrogens with zero attached hydrogens (tertiary/aromatic N) is 2. The molecule has 20 heavy (non-hydrogen) atoms. The van der Waals surface area contributed by atoms with Crippen LogP contribution in [0, 0.1) is 0 Å². The van der Waals surface area contributed by atoms with Gasteiger partial charge in [0, 0.05) is 25.1 Å². The van der Waals surface area contributed by atoms with Gasteiger partial charge >= 0.3 is 7.12 Å². The highest BCUT2D eigenvalue weighted by Gasteiger charge is 2.18. The average molecular weight is 276 g/mol. The van der Waals surface area contributed by atoms with Crippen LogP contribution in [0.15, 0.2) is 30.6 Å². The highest BCUT2D eigenvalue weighted by atomic mass is 16.5. The molecule has 0 saturated heterocycles. The summed E-state index contributed by atoms with van der Waals surface area (Å²) in [4.78, 5) is 0. The summed E-state index contributed by atoms with van der Waals surface area (Å²) in [5.74, 6) is 0.984. The van der Waals surface area contributed by atoms with Crippen molar-refractivity contribution in [2.75, 3.05) is 13.7 Å². The molecule has 1 aromatic carbocycles. The first-order valence-corrected chi connectivity index (χ1v) is 6.24. The van der Waals surface area contributed by atoms with E-state index >= 15 is 0 Å². The van der Waals surface area contributed by atoms with Crippen LogP contribution in [0.5, 0.6) is 11.5 Å². The van der Waals surface area contributed by atoms with Gasteiger partial charge in [-0.05, 0) is 23.8 Å². The lowest BCUT2D eigenvalue weighted by Gasteiger charge is -2.12. The average Bonchev–Trinajstić information content (AvgIpc) is 2.84. The van der Waals surface area contributed by atoms with Gasteiger partial charge in [-0.25, -0.2) is 0 Å². The molecule has 0 fully saturated rings. The fourth-order valence-corrected chi connectivity index (χ4v) is 1.87. The first kappa shape index (κ1) is 14.4. The van der Waals surface area contributed by atoms with Crippen LogP contribution in [0.4, 0.5) is 0 Å². The number of ether oxygens (including phenoxy) is 2. The van der Waals surface area contributed by atoms with E-state index < -0.39 is 7.12 Å². The Bertz CT molecular complexity index is 571. The van der Waals surface area contributed by atoms with E-state index in [1.54, 1.807) is 29.1 Å². The van der Waals surface area contributed by atoms with Crippen molar-refractivity contribution in [2.45, 2.75) is 6.42 Å². The Kier molecular flexibility index (Phi) is 4.65. The Morgan fingerprint density at radius 2 is 2.15 bits per heavy atom. The second kappa shape index (κ2) is 6.45. The van der Waals surface area contributed by atoms with Crippen LogP contribution in [0.2, 0.25) is 0 Å². The van der Waals surface area contributed by atoms with E-state index in [-0.39, 0.29) is 5.46 Å². The highest BCUT2D eigenvalue weighted by molar-refractivity contribution is 6.59. The van der Waals surface area contributed by atoms with E-state index in [1.807, 2.05) is 13.2 Å². The second-order valence-electron chi connectivity index (χ2n) is 4.40. The van der Waals surface area contributed by atoms with Crippen LogP contribution in [-0.4, -0.2) is 40.7 Å². The number of hydrogen-bond donors (Lipinski definition) is 2. The maximum Gasteiger partial charge on any atom is 0.492 e. The molecule has 0 unspecified atom stereocenters. The minimum absolute atomic E-state index is 0.288. The summed E-state index contributed by atoms with van der Waals surface area (Å²) < 4.78 is 12.4. The molecule has 106 valence electrons. The molecule has 2 N–H and O–H groups in total. The molecule has 0 bridgehead atoms. The van der Waals surface area contributed by atoms with Crippen molar-refractivity contribution in [1.29, 1.82) is 0 Å². The van der Waals surface area contributed by atoms with Crippen molar-refractivity contribution in [1.82, 2.24) is 9.78 Å². The van der Waals surface area contributed by atoms with Crippen LogP contribution in [0.1, 0.15) is 5.56 Å². The second-order valence-corrected chi connectivity index (χ2v) is 4.40. The molecular formula is C13H17BN2O4. The largest absolute Gasteiger partial charge is 0.497 e.